The largest absolute Gasteiger partial charge is 0.325 e. The topological polar surface area (TPSA) is 64.0 Å². The zero-order valence-corrected chi connectivity index (χ0v) is 18.4. The Hall–Kier alpha value is -3.64. The number of nitrogens with zero attached hydrogens (tertiary/aromatic N) is 2. The third kappa shape index (κ3) is 3.85. The minimum absolute atomic E-state index is 0.174. The molecule has 158 valence electrons. The van der Waals surface area contributed by atoms with Crippen molar-refractivity contribution < 1.29 is 9.59 Å². The van der Waals surface area contributed by atoms with Crippen molar-refractivity contribution in [2.24, 2.45) is 0 Å². The molecule has 6 heteroatoms. The van der Waals surface area contributed by atoms with E-state index in [-0.39, 0.29) is 11.7 Å². The number of fused-ring (bicyclic) bond motifs is 1. The predicted molar refractivity (Wildman–Crippen MR) is 127 cm³/mol. The first-order valence-corrected chi connectivity index (χ1v) is 11.4. The molecule has 5 rings (SSSR count). The molecule has 1 aliphatic heterocycles. The first-order valence-electron chi connectivity index (χ1n) is 10.4. The molecule has 2 heterocycles. The van der Waals surface area contributed by atoms with Crippen molar-refractivity contribution in [1.29, 1.82) is 0 Å². The highest BCUT2D eigenvalue weighted by Gasteiger charge is 2.21. The average Bonchev–Trinajstić information content (AvgIpc) is 3.42. The van der Waals surface area contributed by atoms with Crippen LogP contribution in [0.3, 0.4) is 0 Å². The molecule has 0 fully saturated rings. The van der Waals surface area contributed by atoms with Crippen LogP contribution in [0, 0.1) is 6.92 Å². The Labute approximate surface area is 190 Å². The number of para-hydroxylation sites is 1. The molecular formula is C26H21N3O2S. The molecule has 3 aromatic carbocycles. The number of carbonyl (C=O) groups is 2. The zero-order chi connectivity index (χ0) is 22.1. The maximum atomic E-state index is 13.3. The summed E-state index contributed by atoms with van der Waals surface area (Å²) in [5.41, 5.74) is 4.70. The molecule has 0 saturated heterocycles. The van der Waals surface area contributed by atoms with Gasteiger partial charge in [0.25, 0.3) is 5.91 Å². The van der Waals surface area contributed by atoms with Gasteiger partial charge in [0.15, 0.2) is 10.9 Å². The van der Waals surface area contributed by atoms with Gasteiger partial charge in [-0.2, -0.15) is 0 Å². The molecule has 1 aliphatic rings. The number of hydrogen-bond acceptors (Lipinski definition) is 4. The normalized spacial score (nSPS) is 12.4. The summed E-state index contributed by atoms with van der Waals surface area (Å²) in [5.74, 6) is 0.536. The quantitative estimate of drug-likeness (QED) is 0.420. The van der Waals surface area contributed by atoms with Crippen molar-refractivity contribution in [3.8, 4) is 11.3 Å². The summed E-state index contributed by atoms with van der Waals surface area (Å²) in [6.07, 6.45) is 2.02. The summed E-state index contributed by atoms with van der Waals surface area (Å²) in [7, 11) is 0. The van der Waals surface area contributed by atoms with Gasteiger partial charge in [-0.05, 0) is 19.1 Å². The van der Waals surface area contributed by atoms with Gasteiger partial charge in [-0.3, -0.25) is 9.59 Å². The standard InChI is InChI=1S/C26H21N3O2S/c1-17-10-12-18(13-11-17)24(30)19-6-2-3-7-20(19)25(31)27-22-9-5-4-8-21(22)23-16-29-14-15-32-26(29)28-23/h2-13,16H,14-15H2,1H3,(H,27,31). The van der Waals surface area contributed by atoms with E-state index in [4.69, 9.17) is 4.98 Å². The SMILES string of the molecule is Cc1ccc(C(=O)c2ccccc2C(=O)Nc2ccccc2-c2cn3c(n2)SCC3)cc1. The van der Waals surface area contributed by atoms with Crippen LogP contribution in [-0.2, 0) is 6.54 Å². The average molecular weight is 440 g/mol. The first kappa shape index (κ1) is 20.3. The highest BCUT2D eigenvalue weighted by Crippen LogP contribution is 2.32. The predicted octanol–water partition coefficient (Wildman–Crippen LogP) is 5.45. The van der Waals surface area contributed by atoms with Gasteiger partial charge in [0.05, 0.1) is 16.9 Å². The monoisotopic (exact) mass is 439 g/mol. The number of hydrogen-bond donors (Lipinski definition) is 1. The molecular weight excluding hydrogens is 418 g/mol. The Morgan fingerprint density at radius 2 is 1.66 bits per heavy atom. The Kier molecular flexibility index (Phi) is 5.37. The second kappa shape index (κ2) is 8.48. The molecule has 1 amide bonds. The summed E-state index contributed by atoms with van der Waals surface area (Å²) in [4.78, 5) is 31.1. The van der Waals surface area contributed by atoms with Crippen molar-refractivity contribution in [2.45, 2.75) is 18.6 Å². The van der Waals surface area contributed by atoms with E-state index in [1.165, 1.54) is 0 Å². The molecule has 0 radical (unpaired) electrons. The minimum Gasteiger partial charge on any atom is -0.325 e. The molecule has 4 aromatic rings. The smallest absolute Gasteiger partial charge is 0.256 e. The van der Waals surface area contributed by atoms with E-state index in [1.807, 2.05) is 49.5 Å². The number of benzene rings is 3. The Morgan fingerprint density at radius 3 is 2.44 bits per heavy atom. The van der Waals surface area contributed by atoms with E-state index in [0.717, 1.165) is 34.3 Å². The van der Waals surface area contributed by atoms with Gasteiger partial charge < -0.3 is 9.88 Å². The molecule has 32 heavy (non-hydrogen) atoms. The van der Waals surface area contributed by atoms with Crippen LogP contribution in [0.4, 0.5) is 5.69 Å². The van der Waals surface area contributed by atoms with Gasteiger partial charge in [-0.25, -0.2) is 4.98 Å². The first-order chi connectivity index (χ1) is 15.6. The van der Waals surface area contributed by atoms with Crippen molar-refractivity contribution in [3.63, 3.8) is 0 Å². The van der Waals surface area contributed by atoms with E-state index >= 15 is 0 Å². The van der Waals surface area contributed by atoms with E-state index in [2.05, 4.69) is 9.88 Å². The van der Waals surface area contributed by atoms with Crippen LogP contribution < -0.4 is 5.32 Å². The number of thioether (sulfide) groups is 1. The summed E-state index contributed by atoms with van der Waals surface area (Å²) in [6, 6.07) is 21.9. The van der Waals surface area contributed by atoms with Crippen LogP contribution >= 0.6 is 11.8 Å². The number of amides is 1. The highest BCUT2D eigenvalue weighted by molar-refractivity contribution is 7.99. The Bertz CT molecular complexity index is 1300. The lowest BCUT2D eigenvalue weighted by atomic mass is 9.97. The van der Waals surface area contributed by atoms with Gasteiger partial charge in [-0.15, -0.1) is 0 Å². The Morgan fingerprint density at radius 1 is 0.938 bits per heavy atom. The number of imidazole rings is 1. The van der Waals surface area contributed by atoms with Crippen molar-refractivity contribution >= 4 is 29.1 Å². The zero-order valence-electron chi connectivity index (χ0n) is 17.5. The number of nitrogens with one attached hydrogen (secondary N) is 1. The number of aryl methyl sites for hydroxylation is 2. The fourth-order valence-electron chi connectivity index (χ4n) is 3.78. The van der Waals surface area contributed by atoms with Crippen molar-refractivity contribution in [2.75, 3.05) is 11.1 Å². The van der Waals surface area contributed by atoms with E-state index in [1.54, 1.807) is 48.2 Å². The van der Waals surface area contributed by atoms with E-state index in [9.17, 15) is 9.59 Å². The van der Waals surface area contributed by atoms with Gasteiger partial charge in [0.2, 0.25) is 0 Å². The molecule has 1 aromatic heterocycles. The number of carbonyl (C=O) groups excluding carboxylic acids is 2. The molecule has 0 bridgehead atoms. The fraction of sp³-hybridized carbons (Fsp3) is 0.115. The van der Waals surface area contributed by atoms with Gasteiger partial charge in [0, 0.05) is 35.2 Å². The van der Waals surface area contributed by atoms with Crippen LogP contribution in [0.15, 0.2) is 84.1 Å². The van der Waals surface area contributed by atoms with E-state index in [0.29, 0.717) is 22.4 Å². The molecule has 5 nitrogen and oxygen atoms in total. The van der Waals surface area contributed by atoms with Crippen LogP contribution in [0.2, 0.25) is 0 Å². The maximum absolute atomic E-state index is 13.3. The number of ketones is 1. The van der Waals surface area contributed by atoms with Crippen LogP contribution in [-0.4, -0.2) is 27.0 Å². The van der Waals surface area contributed by atoms with Crippen LogP contribution in [0.5, 0.6) is 0 Å². The second-order valence-electron chi connectivity index (χ2n) is 7.69. The fourth-order valence-corrected chi connectivity index (χ4v) is 4.73. The lowest BCUT2D eigenvalue weighted by molar-refractivity contribution is 0.0996. The highest BCUT2D eigenvalue weighted by atomic mass is 32.2. The molecule has 0 saturated carbocycles. The minimum atomic E-state index is -0.324. The number of aromatic nitrogens is 2. The van der Waals surface area contributed by atoms with E-state index < -0.39 is 0 Å². The molecule has 0 atom stereocenters. The molecule has 0 spiro atoms. The summed E-state index contributed by atoms with van der Waals surface area (Å²) >= 11 is 1.73. The maximum Gasteiger partial charge on any atom is 0.256 e. The lowest BCUT2D eigenvalue weighted by Crippen LogP contribution is -2.17. The number of anilines is 1. The Balaban J connectivity index is 1.45. The van der Waals surface area contributed by atoms with Gasteiger partial charge in [0.1, 0.15) is 0 Å². The van der Waals surface area contributed by atoms with Crippen molar-refractivity contribution in [1.82, 2.24) is 9.55 Å². The molecule has 0 unspecified atom stereocenters. The third-order valence-corrected chi connectivity index (χ3v) is 6.46. The van der Waals surface area contributed by atoms with Crippen LogP contribution in [0.25, 0.3) is 11.3 Å². The summed E-state index contributed by atoms with van der Waals surface area (Å²) in [6.45, 7) is 2.91. The number of rotatable bonds is 5. The van der Waals surface area contributed by atoms with Crippen molar-refractivity contribution in [3.05, 3.63) is 101 Å². The molecule has 0 aliphatic carbocycles. The third-order valence-electron chi connectivity index (χ3n) is 5.48. The van der Waals surface area contributed by atoms with Gasteiger partial charge in [-0.1, -0.05) is 78.0 Å². The van der Waals surface area contributed by atoms with Gasteiger partial charge >= 0.3 is 0 Å². The lowest BCUT2D eigenvalue weighted by Gasteiger charge is -2.12. The second-order valence-corrected chi connectivity index (χ2v) is 8.75. The summed E-state index contributed by atoms with van der Waals surface area (Å²) in [5, 5.41) is 3.99. The molecule has 1 N–H and O–H groups in total. The summed E-state index contributed by atoms with van der Waals surface area (Å²) < 4.78 is 2.13. The van der Waals surface area contributed by atoms with Crippen LogP contribution in [0.1, 0.15) is 31.8 Å².